The van der Waals surface area contributed by atoms with E-state index in [2.05, 4.69) is 45.2 Å². The molecule has 1 amide bonds. The predicted octanol–water partition coefficient (Wildman–Crippen LogP) is 5.38. The number of aromatic amines is 2. The molecule has 0 bridgehead atoms. The topological polar surface area (TPSA) is 179 Å². The molecule has 0 aliphatic carbocycles. The highest BCUT2D eigenvalue weighted by atomic mass is 35.5. The van der Waals surface area contributed by atoms with E-state index in [1.54, 1.807) is 41.8 Å². The smallest absolute Gasteiger partial charge is 0.371 e. The third-order valence-electron chi connectivity index (χ3n) is 7.27. The maximum absolute atomic E-state index is 12.4. The van der Waals surface area contributed by atoms with Crippen molar-refractivity contribution in [1.29, 1.82) is 0 Å². The van der Waals surface area contributed by atoms with Gasteiger partial charge >= 0.3 is 5.97 Å². The Kier molecular flexibility index (Phi) is 11.8. The van der Waals surface area contributed by atoms with Crippen molar-refractivity contribution >= 4 is 69.6 Å². The number of rotatable bonds is 4. The Labute approximate surface area is 285 Å². The van der Waals surface area contributed by atoms with Crippen LogP contribution in [0.15, 0.2) is 73.3 Å². The molecule has 0 atom stereocenters. The number of carbonyl (C=O) groups excluding carboxylic acids is 1. The number of hydrogen-bond donors (Lipinski definition) is 4. The number of nitrogens with one attached hydrogen (secondary N) is 3. The van der Waals surface area contributed by atoms with Crippen LogP contribution in [0.2, 0.25) is 10.3 Å². The second kappa shape index (κ2) is 15.7. The molecule has 2 saturated heterocycles. The number of likely N-dealkylation sites (tertiary alicyclic amines) is 1. The number of benzene rings is 2. The van der Waals surface area contributed by atoms with Crippen LogP contribution in [0.3, 0.4) is 0 Å². The standard InChI is InChI=1S/C15H12ClN5O.C8H6N2O2.C7H8ClN3.CH4.ClH/c16-13-12(17-5-6-18-13)9-7-21(8-9)15(22)14-19-10-3-1-2-4-11(10)20-14;11-8(12)7-9-5-3-1-2-4-6(5)10-7;8-7-6(5-3-9-4-5)10-1-2-11-7;;/h1-6,9H,7-8H2,(H,19,20);1-4H,(H,9,10)(H,11,12);1-2,5,9H,3-4H2;1H4;1H. The van der Waals surface area contributed by atoms with E-state index in [9.17, 15) is 9.59 Å². The maximum atomic E-state index is 12.4. The second-order valence-electron chi connectivity index (χ2n) is 10.2. The molecule has 13 nitrogen and oxygen atoms in total. The molecular weight excluding hydrogens is 667 g/mol. The molecule has 2 aliphatic rings. The van der Waals surface area contributed by atoms with Gasteiger partial charge in [0.25, 0.3) is 5.91 Å². The highest BCUT2D eigenvalue weighted by Gasteiger charge is 2.35. The van der Waals surface area contributed by atoms with Gasteiger partial charge < -0.3 is 25.3 Å². The van der Waals surface area contributed by atoms with Crippen LogP contribution in [0, 0.1) is 0 Å². The predicted molar refractivity (Wildman–Crippen MR) is 181 cm³/mol. The number of fused-ring (bicyclic) bond motifs is 2. The van der Waals surface area contributed by atoms with Crippen molar-refractivity contribution in [2.75, 3.05) is 26.2 Å². The van der Waals surface area contributed by atoms with Gasteiger partial charge in [-0.2, -0.15) is 0 Å². The van der Waals surface area contributed by atoms with E-state index >= 15 is 0 Å². The summed E-state index contributed by atoms with van der Waals surface area (Å²) in [6.45, 7) is 3.10. The number of halogens is 3. The van der Waals surface area contributed by atoms with Crippen molar-refractivity contribution < 1.29 is 14.7 Å². The molecular formula is C31H31Cl3N10O3. The van der Waals surface area contributed by atoms with Gasteiger partial charge in [0, 0.05) is 62.8 Å². The summed E-state index contributed by atoms with van der Waals surface area (Å²) in [5.74, 6) is -0.189. The van der Waals surface area contributed by atoms with E-state index < -0.39 is 5.97 Å². The lowest BCUT2D eigenvalue weighted by atomic mass is 9.96. The average Bonchev–Trinajstić information content (AvgIpc) is 3.63. The molecule has 244 valence electrons. The van der Waals surface area contributed by atoms with Crippen LogP contribution < -0.4 is 5.32 Å². The van der Waals surface area contributed by atoms with E-state index in [4.69, 9.17) is 28.3 Å². The average molecular weight is 698 g/mol. The first-order valence-corrected chi connectivity index (χ1v) is 14.7. The summed E-state index contributed by atoms with van der Waals surface area (Å²) in [5.41, 5.74) is 4.75. The van der Waals surface area contributed by atoms with Crippen LogP contribution in [0.1, 0.15) is 51.9 Å². The summed E-state index contributed by atoms with van der Waals surface area (Å²) >= 11 is 11.9. The molecule has 4 aromatic heterocycles. The minimum atomic E-state index is -1.04. The van der Waals surface area contributed by atoms with Crippen LogP contribution in [0.4, 0.5) is 0 Å². The number of nitrogens with zero attached hydrogens (tertiary/aromatic N) is 7. The van der Waals surface area contributed by atoms with Gasteiger partial charge in [0.15, 0.2) is 16.1 Å². The molecule has 6 heterocycles. The Morgan fingerprint density at radius 3 is 1.66 bits per heavy atom. The van der Waals surface area contributed by atoms with E-state index in [1.165, 1.54) is 0 Å². The molecule has 4 N–H and O–H groups in total. The van der Waals surface area contributed by atoms with Crippen LogP contribution in [0.25, 0.3) is 22.1 Å². The van der Waals surface area contributed by atoms with Crippen LogP contribution in [-0.4, -0.2) is 87.9 Å². The van der Waals surface area contributed by atoms with E-state index in [-0.39, 0.29) is 37.5 Å². The van der Waals surface area contributed by atoms with Crippen molar-refractivity contribution in [1.82, 2.24) is 50.1 Å². The zero-order chi connectivity index (χ0) is 31.3. The number of para-hydroxylation sites is 4. The number of hydrogen-bond acceptors (Lipinski definition) is 9. The molecule has 6 aromatic rings. The van der Waals surface area contributed by atoms with Crippen molar-refractivity contribution in [3.63, 3.8) is 0 Å². The van der Waals surface area contributed by atoms with Crippen LogP contribution in [0.5, 0.6) is 0 Å². The summed E-state index contributed by atoms with van der Waals surface area (Å²) in [7, 11) is 0. The van der Waals surface area contributed by atoms with Gasteiger partial charge in [0.05, 0.1) is 33.5 Å². The summed E-state index contributed by atoms with van der Waals surface area (Å²) in [6.07, 6.45) is 6.46. The third kappa shape index (κ3) is 8.00. The summed E-state index contributed by atoms with van der Waals surface area (Å²) in [4.78, 5) is 54.9. The highest BCUT2D eigenvalue weighted by Crippen LogP contribution is 2.30. The number of carboxylic acids is 1. The van der Waals surface area contributed by atoms with Crippen molar-refractivity contribution in [2.45, 2.75) is 19.3 Å². The van der Waals surface area contributed by atoms with Crippen LogP contribution >= 0.6 is 35.6 Å². The third-order valence-corrected chi connectivity index (χ3v) is 7.85. The first-order valence-electron chi connectivity index (χ1n) is 13.9. The summed E-state index contributed by atoms with van der Waals surface area (Å²) < 4.78 is 0. The molecule has 0 spiro atoms. The highest BCUT2D eigenvalue weighted by molar-refractivity contribution is 6.30. The quantitative estimate of drug-likeness (QED) is 0.187. The lowest BCUT2D eigenvalue weighted by Gasteiger charge is -2.38. The van der Waals surface area contributed by atoms with Crippen LogP contribution in [-0.2, 0) is 0 Å². The number of aromatic nitrogens is 8. The normalized spacial score (nSPS) is 13.9. The number of H-pyrrole nitrogens is 2. The molecule has 2 fully saturated rings. The SMILES string of the molecule is C.Cl.Clc1nccnc1C1CNC1.O=C(O)c1nc2ccccc2[nH]1.O=C(c1nc2ccccc2[nH]1)N1CC(c2nccnc2Cl)C1. The van der Waals surface area contributed by atoms with Gasteiger partial charge in [-0.1, -0.05) is 54.9 Å². The monoisotopic (exact) mass is 696 g/mol. The largest absolute Gasteiger partial charge is 0.475 e. The van der Waals surface area contributed by atoms with E-state index in [1.807, 2.05) is 36.4 Å². The van der Waals surface area contributed by atoms with Gasteiger partial charge in [-0.3, -0.25) is 14.8 Å². The minimum absolute atomic E-state index is 0. The number of carboxylic acid groups (broad SMARTS) is 1. The number of amides is 1. The summed E-state index contributed by atoms with van der Waals surface area (Å²) in [6, 6.07) is 14.8. The Morgan fingerprint density at radius 1 is 0.723 bits per heavy atom. The molecule has 16 heteroatoms. The molecule has 0 saturated carbocycles. The Bertz CT molecular complexity index is 1910. The van der Waals surface area contributed by atoms with Gasteiger partial charge in [-0.25, -0.2) is 24.7 Å². The maximum Gasteiger partial charge on any atom is 0.371 e. The molecule has 2 aliphatic heterocycles. The Morgan fingerprint density at radius 2 is 1.19 bits per heavy atom. The first kappa shape index (κ1) is 35.2. The van der Waals surface area contributed by atoms with Gasteiger partial charge in [0.1, 0.15) is 0 Å². The van der Waals surface area contributed by atoms with Crippen molar-refractivity contribution in [2.24, 2.45) is 0 Å². The Hall–Kier alpha value is -4.69. The molecule has 2 aromatic carbocycles. The zero-order valence-electron chi connectivity index (χ0n) is 24.0. The number of imidazole rings is 2. The second-order valence-corrected chi connectivity index (χ2v) is 11.0. The lowest BCUT2D eigenvalue weighted by molar-refractivity contribution is 0.0586. The van der Waals surface area contributed by atoms with Crippen molar-refractivity contribution in [3.8, 4) is 0 Å². The summed E-state index contributed by atoms with van der Waals surface area (Å²) in [5, 5.41) is 12.7. The number of aromatic carboxylic acids is 1. The lowest BCUT2D eigenvalue weighted by Crippen LogP contribution is -2.49. The van der Waals surface area contributed by atoms with E-state index in [0.29, 0.717) is 40.7 Å². The van der Waals surface area contributed by atoms with Crippen molar-refractivity contribution in [3.05, 3.63) is 107 Å². The molecule has 0 radical (unpaired) electrons. The molecule has 8 rings (SSSR count). The Balaban J connectivity index is 0.000000170. The fourth-order valence-corrected chi connectivity index (χ4v) is 5.29. The molecule has 0 unspecified atom stereocenters. The van der Waals surface area contributed by atoms with Gasteiger partial charge in [-0.15, -0.1) is 12.4 Å². The molecule has 47 heavy (non-hydrogen) atoms. The van der Waals surface area contributed by atoms with Gasteiger partial charge in [0.2, 0.25) is 5.82 Å². The number of carbonyl (C=O) groups is 2. The fraction of sp³-hybridized carbons (Fsp3) is 0.226. The van der Waals surface area contributed by atoms with Gasteiger partial charge in [-0.05, 0) is 24.3 Å². The zero-order valence-corrected chi connectivity index (χ0v) is 26.3. The fourth-order valence-electron chi connectivity index (χ4n) is 4.77. The van der Waals surface area contributed by atoms with E-state index in [0.717, 1.165) is 41.0 Å². The first-order chi connectivity index (χ1) is 21.9. The minimum Gasteiger partial charge on any atom is -0.475 e.